The van der Waals surface area contributed by atoms with Gasteiger partial charge in [0.1, 0.15) is 0 Å². The summed E-state index contributed by atoms with van der Waals surface area (Å²) in [5.74, 6) is -0.457. The molecule has 26 heavy (non-hydrogen) atoms. The minimum Gasteiger partial charge on any atom is -0.276 e. The standard InChI is InChI=1S/C14H11BrF3N5O2S/c1-7-4-3-5-9(15)11(7)22-26(24,25)13-20-12-19-8(2)6-10(14(16,17)18)23(12)21-13/h3-6,22H,1-2H3. The molecule has 2 aromatic heterocycles. The summed E-state index contributed by atoms with van der Waals surface area (Å²) < 4.78 is 67.7. The summed E-state index contributed by atoms with van der Waals surface area (Å²) in [5.41, 5.74) is -0.273. The lowest BCUT2D eigenvalue weighted by Gasteiger charge is -2.10. The zero-order chi connectivity index (χ0) is 19.3. The van der Waals surface area contributed by atoms with Crippen molar-refractivity contribution in [2.75, 3.05) is 4.72 Å². The molecule has 12 heteroatoms. The third-order valence-corrected chi connectivity index (χ3v) is 5.20. The quantitative estimate of drug-likeness (QED) is 0.662. The minimum atomic E-state index is -4.74. The maximum atomic E-state index is 13.2. The highest BCUT2D eigenvalue weighted by Gasteiger charge is 2.36. The number of para-hydroxylation sites is 1. The molecule has 0 bridgehead atoms. The van der Waals surface area contributed by atoms with E-state index in [1.54, 1.807) is 25.1 Å². The van der Waals surface area contributed by atoms with Gasteiger partial charge < -0.3 is 0 Å². The van der Waals surface area contributed by atoms with Gasteiger partial charge >= 0.3 is 6.18 Å². The number of alkyl halides is 3. The summed E-state index contributed by atoms with van der Waals surface area (Å²) in [6.07, 6.45) is -4.74. The highest BCUT2D eigenvalue weighted by atomic mass is 79.9. The fourth-order valence-corrected chi connectivity index (χ4v) is 3.94. The van der Waals surface area contributed by atoms with E-state index in [1.165, 1.54) is 6.92 Å². The highest BCUT2D eigenvalue weighted by molar-refractivity contribution is 9.10. The van der Waals surface area contributed by atoms with Gasteiger partial charge in [0, 0.05) is 10.2 Å². The highest BCUT2D eigenvalue weighted by Crippen LogP contribution is 2.30. The second-order valence-electron chi connectivity index (χ2n) is 5.42. The molecule has 0 saturated carbocycles. The monoisotopic (exact) mass is 449 g/mol. The van der Waals surface area contributed by atoms with Gasteiger partial charge in [-0.05, 0) is 47.5 Å². The Morgan fingerprint density at radius 3 is 2.50 bits per heavy atom. The molecule has 1 aromatic carbocycles. The minimum absolute atomic E-state index is 0.0378. The molecule has 0 aliphatic rings. The van der Waals surface area contributed by atoms with Crippen LogP contribution in [-0.2, 0) is 16.2 Å². The molecule has 0 saturated heterocycles. The second-order valence-corrected chi connectivity index (χ2v) is 7.85. The lowest BCUT2D eigenvalue weighted by Crippen LogP contribution is -2.17. The van der Waals surface area contributed by atoms with E-state index in [0.29, 0.717) is 14.6 Å². The number of nitrogens with one attached hydrogen (secondary N) is 1. The lowest BCUT2D eigenvalue weighted by molar-refractivity contribution is -0.142. The van der Waals surface area contributed by atoms with Gasteiger partial charge in [-0.1, -0.05) is 12.1 Å². The molecule has 138 valence electrons. The maximum Gasteiger partial charge on any atom is 0.433 e. The van der Waals surface area contributed by atoms with Gasteiger partial charge in [-0.15, -0.1) is 5.10 Å². The average Bonchev–Trinajstić information content (AvgIpc) is 2.94. The molecule has 0 atom stereocenters. The SMILES string of the molecule is Cc1cc(C(F)(F)F)n2nc(S(=O)(=O)Nc3c(C)cccc3Br)nc2n1. The number of fused-ring (bicyclic) bond motifs is 1. The van der Waals surface area contributed by atoms with E-state index >= 15 is 0 Å². The van der Waals surface area contributed by atoms with E-state index in [9.17, 15) is 21.6 Å². The summed E-state index contributed by atoms with van der Waals surface area (Å²) in [6, 6.07) is 5.77. The Bertz CT molecular complexity index is 1090. The van der Waals surface area contributed by atoms with Crippen LogP contribution in [0, 0.1) is 13.8 Å². The first-order valence-electron chi connectivity index (χ1n) is 7.08. The van der Waals surface area contributed by atoms with E-state index in [4.69, 9.17) is 0 Å². The topological polar surface area (TPSA) is 89.3 Å². The van der Waals surface area contributed by atoms with Crippen LogP contribution in [0.15, 0.2) is 33.9 Å². The maximum absolute atomic E-state index is 13.2. The molecule has 3 aromatic rings. The zero-order valence-corrected chi connectivity index (χ0v) is 15.7. The van der Waals surface area contributed by atoms with Gasteiger partial charge in [-0.3, -0.25) is 4.72 Å². The largest absolute Gasteiger partial charge is 0.433 e. The van der Waals surface area contributed by atoms with Crippen molar-refractivity contribution < 1.29 is 21.6 Å². The molecule has 1 N–H and O–H groups in total. The van der Waals surface area contributed by atoms with Crippen molar-refractivity contribution in [3.05, 3.63) is 45.7 Å². The van der Waals surface area contributed by atoms with Gasteiger partial charge in [0.05, 0.1) is 5.69 Å². The van der Waals surface area contributed by atoms with Gasteiger partial charge in [-0.25, -0.2) is 4.98 Å². The Morgan fingerprint density at radius 1 is 1.19 bits per heavy atom. The summed E-state index contributed by atoms with van der Waals surface area (Å²) >= 11 is 3.22. The number of rotatable bonds is 3. The molecule has 3 rings (SSSR count). The van der Waals surface area contributed by atoms with Crippen LogP contribution >= 0.6 is 15.9 Å². The van der Waals surface area contributed by atoms with Crippen LogP contribution in [0.5, 0.6) is 0 Å². The number of nitrogens with zero attached hydrogens (tertiary/aromatic N) is 4. The Kier molecular flexibility index (Phi) is 4.43. The predicted molar refractivity (Wildman–Crippen MR) is 90.2 cm³/mol. The first-order valence-corrected chi connectivity index (χ1v) is 9.36. The van der Waals surface area contributed by atoms with Crippen LogP contribution in [0.25, 0.3) is 5.78 Å². The van der Waals surface area contributed by atoms with Crippen LogP contribution in [0.2, 0.25) is 0 Å². The number of halogens is 4. The van der Waals surface area contributed by atoms with E-state index in [0.717, 1.165) is 6.07 Å². The van der Waals surface area contributed by atoms with E-state index in [1.807, 2.05) is 0 Å². The second kappa shape index (κ2) is 6.20. The molecule has 0 aliphatic carbocycles. The molecule has 0 radical (unpaired) electrons. The number of hydrogen-bond donors (Lipinski definition) is 1. The lowest BCUT2D eigenvalue weighted by atomic mass is 10.2. The molecule has 0 spiro atoms. The van der Waals surface area contributed by atoms with Crippen molar-refractivity contribution in [1.29, 1.82) is 0 Å². The molecule has 7 nitrogen and oxygen atoms in total. The van der Waals surface area contributed by atoms with Crippen LogP contribution in [0.4, 0.5) is 18.9 Å². The number of aromatic nitrogens is 4. The molecular weight excluding hydrogens is 439 g/mol. The van der Waals surface area contributed by atoms with Crippen molar-refractivity contribution in [2.45, 2.75) is 25.2 Å². The van der Waals surface area contributed by atoms with Gasteiger partial charge in [0.25, 0.3) is 21.0 Å². The average molecular weight is 450 g/mol. The van der Waals surface area contributed by atoms with Crippen molar-refractivity contribution in [2.24, 2.45) is 0 Å². The Hall–Kier alpha value is -2.21. The zero-order valence-electron chi connectivity index (χ0n) is 13.3. The molecule has 0 amide bonds. The molecule has 0 unspecified atom stereocenters. The van der Waals surface area contributed by atoms with Crippen molar-refractivity contribution in [3.63, 3.8) is 0 Å². The normalized spacial score (nSPS) is 12.5. The first-order chi connectivity index (χ1) is 12.0. The summed E-state index contributed by atoms with van der Waals surface area (Å²) in [6.45, 7) is 3.02. The van der Waals surface area contributed by atoms with Crippen LogP contribution in [-0.4, -0.2) is 28.0 Å². The molecular formula is C14H11BrF3N5O2S. The summed E-state index contributed by atoms with van der Waals surface area (Å²) in [5, 5.41) is 2.70. The van der Waals surface area contributed by atoms with Crippen molar-refractivity contribution >= 4 is 37.4 Å². The third kappa shape index (κ3) is 3.38. The van der Waals surface area contributed by atoms with E-state index in [-0.39, 0.29) is 11.4 Å². The summed E-state index contributed by atoms with van der Waals surface area (Å²) in [7, 11) is -4.33. The summed E-state index contributed by atoms with van der Waals surface area (Å²) in [4.78, 5) is 7.46. The number of anilines is 1. The Labute approximate surface area is 154 Å². The number of hydrogen-bond acceptors (Lipinski definition) is 5. The molecule has 0 aliphatic heterocycles. The number of aryl methyl sites for hydroxylation is 2. The van der Waals surface area contributed by atoms with Crippen LogP contribution in [0.3, 0.4) is 0 Å². The number of sulfonamides is 1. The fraction of sp³-hybridized carbons (Fsp3) is 0.214. The van der Waals surface area contributed by atoms with Gasteiger partial charge in [0.2, 0.25) is 0 Å². The van der Waals surface area contributed by atoms with Gasteiger partial charge in [-0.2, -0.15) is 31.1 Å². The van der Waals surface area contributed by atoms with Crippen molar-refractivity contribution in [1.82, 2.24) is 19.6 Å². The van der Waals surface area contributed by atoms with Crippen molar-refractivity contribution in [3.8, 4) is 0 Å². The van der Waals surface area contributed by atoms with E-state index in [2.05, 4.69) is 35.7 Å². The Balaban J connectivity index is 2.13. The predicted octanol–water partition coefficient (Wildman–Crippen LogP) is 3.32. The smallest absolute Gasteiger partial charge is 0.276 e. The van der Waals surface area contributed by atoms with Gasteiger partial charge in [0.15, 0.2) is 5.69 Å². The van der Waals surface area contributed by atoms with E-state index < -0.39 is 32.8 Å². The van der Waals surface area contributed by atoms with Crippen LogP contribution in [0.1, 0.15) is 17.0 Å². The Morgan fingerprint density at radius 2 is 1.88 bits per heavy atom. The molecule has 2 heterocycles. The molecule has 0 fully saturated rings. The first kappa shape index (κ1) is 18.6. The number of benzene rings is 1. The van der Waals surface area contributed by atoms with Crippen LogP contribution < -0.4 is 4.72 Å². The fourth-order valence-electron chi connectivity index (χ4n) is 2.23. The third-order valence-electron chi connectivity index (χ3n) is 3.41.